The second kappa shape index (κ2) is 5.87. The number of aromatic nitrogens is 5. The Kier molecular flexibility index (Phi) is 3.94. The van der Waals surface area contributed by atoms with E-state index in [1.807, 2.05) is 22.9 Å². The van der Waals surface area contributed by atoms with Gasteiger partial charge in [-0.2, -0.15) is 5.10 Å². The molecule has 0 fully saturated rings. The number of rotatable bonds is 4. The van der Waals surface area contributed by atoms with Crippen LogP contribution in [0.5, 0.6) is 0 Å². The van der Waals surface area contributed by atoms with E-state index in [-0.39, 0.29) is 6.04 Å². The summed E-state index contributed by atoms with van der Waals surface area (Å²) in [6.07, 6.45) is 6.44. The van der Waals surface area contributed by atoms with Crippen LogP contribution >= 0.6 is 23.6 Å². The van der Waals surface area contributed by atoms with Gasteiger partial charge < -0.3 is 0 Å². The van der Waals surface area contributed by atoms with Gasteiger partial charge in [-0.15, -0.1) is 11.3 Å². The van der Waals surface area contributed by atoms with E-state index in [0.29, 0.717) is 4.77 Å². The first-order chi connectivity index (χ1) is 10.2. The highest BCUT2D eigenvalue weighted by Crippen LogP contribution is 2.28. The maximum atomic E-state index is 5.39. The molecule has 0 aliphatic carbocycles. The molecule has 0 aromatic carbocycles. The largest absolute Gasteiger partial charge is 0.290 e. The highest BCUT2D eigenvalue weighted by Gasteiger charge is 2.18. The number of nitrogens with one attached hydrogen (secondary N) is 1. The average Bonchev–Trinajstić information content (AvgIpc) is 3.14. The van der Waals surface area contributed by atoms with E-state index in [1.54, 1.807) is 23.7 Å². The van der Waals surface area contributed by atoms with Crippen molar-refractivity contribution < 1.29 is 0 Å². The molecule has 0 saturated carbocycles. The second-order valence-electron chi connectivity index (χ2n) is 4.65. The molecule has 3 aromatic rings. The van der Waals surface area contributed by atoms with Gasteiger partial charge in [0.05, 0.1) is 6.04 Å². The topological polar surface area (TPSA) is 59.4 Å². The van der Waals surface area contributed by atoms with Gasteiger partial charge in [0.25, 0.3) is 0 Å². The summed E-state index contributed by atoms with van der Waals surface area (Å²) in [5, 5.41) is 8.28. The third kappa shape index (κ3) is 2.66. The Bertz CT molecular complexity index is 787. The SMILES string of the molecule is CCc1cnc(C(C)n2c(-c3ccncc3)n[nH]c2=S)s1. The molecule has 1 N–H and O–H groups in total. The number of hydrogen-bond donors (Lipinski definition) is 1. The van der Waals surface area contributed by atoms with Crippen molar-refractivity contribution in [2.45, 2.75) is 26.3 Å². The number of aryl methyl sites for hydroxylation is 1. The van der Waals surface area contributed by atoms with Crippen LogP contribution in [0.4, 0.5) is 0 Å². The molecule has 0 aliphatic heterocycles. The Hall–Kier alpha value is -1.86. The van der Waals surface area contributed by atoms with Crippen LogP contribution in [0.3, 0.4) is 0 Å². The summed E-state index contributed by atoms with van der Waals surface area (Å²) < 4.78 is 2.60. The van der Waals surface area contributed by atoms with Crippen LogP contribution in [0.25, 0.3) is 11.4 Å². The minimum atomic E-state index is 0.0460. The van der Waals surface area contributed by atoms with Crippen LogP contribution in [0.2, 0.25) is 0 Å². The van der Waals surface area contributed by atoms with Crippen LogP contribution in [-0.2, 0) is 6.42 Å². The molecule has 0 amide bonds. The third-order valence-corrected chi connectivity index (χ3v) is 4.91. The Morgan fingerprint density at radius 3 is 2.81 bits per heavy atom. The fourth-order valence-corrected chi connectivity index (χ4v) is 3.35. The van der Waals surface area contributed by atoms with Crippen molar-refractivity contribution in [1.29, 1.82) is 0 Å². The number of hydrogen-bond acceptors (Lipinski definition) is 5. The first-order valence-corrected chi connectivity index (χ1v) is 7.95. The average molecular weight is 317 g/mol. The zero-order valence-corrected chi connectivity index (χ0v) is 13.4. The summed E-state index contributed by atoms with van der Waals surface area (Å²) in [4.78, 5) is 9.83. The molecule has 7 heteroatoms. The van der Waals surface area contributed by atoms with Crippen LogP contribution in [0.1, 0.15) is 29.8 Å². The third-order valence-electron chi connectivity index (χ3n) is 3.31. The van der Waals surface area contributed by atoms with Gasteiger partial charge in [-0.1, -0.05) is 6.92 Å². The molecule has 3 heterocycles. The smallest absolute Gasteiger partial charge is 0.196 e. The van der Waals surface area contributed by atoms with E-state index in [9.17, 15) is 0 Å². The summed E-state index contributed by atoms with van der Waals surface area (Å²) in [5.74, 6) is 0.808. The lowest BCUT2D eigenvalue weighted by atomic mass is 10.2. The molecule has 5 nitrogen and oxygen atoms in total. The predicted octanol–water partition coefficient (Wildman–Crippen LogP) is 3.63. The Labute approximate surface area is 131 Å². The fourth-order valence-electron chi connectivity index (χ4n) is 2.16. The van der Waals surface area contributed by atoms with E-state index >= 15 is 0 Å². The summed E-state index contributed by atoms with van der Waals surface area (Å²) in [6.45, 7) is 4.22. The molecular weight excluding hydrogens is 302 g/mol. The predicted molar refractivity (Wildman–Crippen MR) is 85.9 cm³/mol. The van der Waals surface area contributed by atoms with Crippen molar-refractivity contribution in [2.24, 2.45) is 0 Å². The Morgan fingerprint density at radius 1 is 1.38 bits per heavy atom. The van der Waals surface area contributed by atoms with Gasteiger partial charge in [0.1, 0.15) is 5.01 Å². The molecule has 0 saturated heterocycles. The molecule has 108 valence electrons. The van der Waals surface area contributed by atoms with Crippen molar-refractivity contribution in [1.82, 2.24) is 24.7 Å². The van der Waals surface area contributed by atoms with Gasteiger partial charge in [-0.25, -0.2) is 4.98 Å². The number of thiazole rings is 1. The van der Waals surface area contributed by atoms with E-state index < -0.39 is 0 Å². The Balaban J connectivity index is 2.06. The number of H-pyrrole nitrogens is 1. The molecule has 0 spiro atoms. The molecule has 21 heavy (non-hydrogen) atoms. The molecule has 3 aromatic heterocycles. The maximum Gasteiger partial charge on any atom is 0.196 e. The highest BCUT2D eigenvalue weighted by molar-refractivity contribution is 7.71. The van der Waals surface area contributed by atoms with Gasteiger partial charge >= 0.3 is 0 Å². The van der Waals surface area contributed by atoms with Gasteiger partial charge in [0.15, 0.2) is 10.6 Å². The van der Waals surface area contributed by atoms with Crippen LogP contribution in [0, 0.1) is 4.77 Å². The zero-order chi connectivity index (χ0) is 14.8. The Morgan fingerprint density at radius 2 is 2.14 bits per heavy atom. The van der Waals surface area contributed by atoms with E-state index in [4.69, 9.17) is 12.2 Å². The second-order valence-corrected chi connectivity index (χ2v) is 6.19. The number of aromatic amines is 1. The summed E-state index contributed by atoms with van der Waals surface area (Å²) in [5.41, 5.74) is 0.983. The fraction of sp³-hybridized carbons (Fsp3) is 0.286. The summed E-state index contributed by atoms with van der Waals surface area (Å²) in [7, 11) is 0. The van der Waals surface area contributed by atoms with Crippen molar-refractivity contribution in [2.75, 3.05) is 0 Å². The molecule has 0 bridgehead atoms. The zero-order valence-electron chi connectivity index (χ0n) is 11.8. The number of pyridine rings is 1. The molecule has 0 aliphatic rings. The van der Waals surface area contributed by atoms with Crippen LogP contribution < -0.4 is 0 Å². The summed E-state index contributed by atoms with van der Waals surface area (Å²) >= 11 is 7.11. The monoisotopic (exact) mass is 317 g/mol. The van der Waals surface area contributed by atoms with Crippen molar-refractivity contribution in [3.63, 3.8) is 0 Å². The van der Waals surface area contributed by atoms with E-state index in [1.165, 1.54) is 4.88 Å². The van der Waals surface area contributed by atoms with Crippen molar-refractivity contribution in [3.8, 4) is 11.4 Å². The van der Waals surface area contributed by atoms with Gasteiger partial charge in [-0.05, 0) is 37.7 Å². The van der Waals surface area contributed by atoms with Gasteiger partial charge in [0, 0.05) is 29.0 Å². The molecule has 1 atom stereocenters. The normalized spacial score (nSPS) is 12.5. The van der Waals surface area contributed by atoms with Gasteiger partial charge in [0.2, 0.25) is 0 Å². The molecule has 3 rings (SSSR count). The standard InChI is InChI=1S/C14H15N5S2/c1-3-11-8-16-13(21-11)9(2)19-12(17-18-14(19)20)10-4-6-15-7-5-10/h4-9H,3H2,1-2H3,(H,18,20). The molecular formula is C14H15N5S2. The lowest BCUT2D eigenvalue weighted by Gasteiger charge is -2.13. The molecule has 1 unspecified atom stereocenters. The lowest BCUT2D eigenvalue weighted by Crippen LogP contribution is -2.08. The summed E-state index contributed by atoms with van der Waals surface area (Å²) in [6, 6.07) is 3.89. The van der Waals surface area contributed by atoms with Crippen LogP contribution in [0.15, 0.2) is 30.7 Å². The first kappa shape index (κ1) is 14.1. The minimum absolute atomic E-state index is 0.0460. The first-order valence-electron chi connectivity index (χ1n) is 6.72. The lowest BCUT2D eigenvalue weighted by molar-refractivity contribution is 0.631. The van der Waals surface area contributed by atoms with E-state index in [0.717, 1.165) is 22.8 Å². The van der Waals surface area contributed by atoms with Crippen LogP contribution in [-0.4, -0.2) is 24.7 Å². The quantitative estimate of drug-likeness (QED) is 0.747. The van der Waals surface area contributed by atoms with Gasteiger partial charge in [-0.3, -0.25) is 14.6 Å². The van der Waals surface area contributed by atoms with Crippen molar-refractivity contribution >= 4 is 23.6 Å². The van der Waals surface area contributed by atoms with Crippen molar-refractivity contribution in [3.05, 3.63) is 45.4 Å². The highest BCUT2D eigenvalue weighted by atomic mass is 32.1. The number of nitrogens with zero attached hydrogens (tertiary/aromatic N) is 4. The maximum absolute atomic E-state index is 5.39. The van der Waals surface area contributed by atoms with E-state index in [2.05, 4.69) is 34.0 Å². The minimum Gasteiger partial charge on any atom is -0.290 e. The molecule has 0 radical (unpaired) electrons.